The van der Waals surface area contributed by atoms with E-state index in [4.69, 9.17) is 4.74 Å². The maximum absolute atomic E-state index is 12.8. The number of ether oxygens (including phenoxy) is 1. The van der Waals surface area contributed by atoms with Crippen molar-refractivity contribution in [1.82, 2.24) is 4.98 Å². The van der Waals surface area contributed by atoms with Crippen molar-refractivity contribution in [1.29, 1.82) is 0 Å². The molecule has 2 heterocycles. The predicted molar refractivity (Wildman–Crippen MR) is 112 cm³/mol. The number of nitrogens with one attached hydrogen (secondary N) is 1. The van der Waals surface area contributed by atoms with Crippen molar-refractivity contribution >= 4 is 33.3 Å². The van der Waals surface area contributed by atoms with Crippen molar-refractivity contribution < 1.29 is 14.6 Å². The molecular formula is C23H18N2O4. The summed E-state index contributed by atoms with van der Waals surface area (Å²) < 4.78 is 5.09. The number of pyridine rings is 1. The molecule has 0 aliphatic carbocycles. The second-order valence-electron chi connectivity index (χ2n) is 7.11. The first-order chi connectivity index (χ1) is 14.1. The zero-order valence-electron chi connectivity index (χ0n) is 15.5. The third kappa shape index (κ3) is 2.94. The van der Waals surface area contributed by atoms with Gasteiger partial charge in [0.05, 0.1) is 13.2 Å². The molecule has 0 bridgehead atoms. The van der Waals surface area contributed by atoms with E-state index >= 15 is 0 Å². The van der Waals surface area contributed by atoms with Crippen LogP contribution in [-0.4, -0.2) is 35.4 Å². The molecule has 4 aromatic rings. The maximum Gasteiger partial charge on any atom is 0.414 e. The number of hydrogen-bond donors (Lipinski definition) is 2. The molecule has 0 spiro atoms. The maximum atomic E-state index is 12.8. The van der Waals surface area contributed by atoms with E-state index in [2.05, 4.69) is 4.98 Å². The monoisotopic (exact) mass is 386 g/mol. The lowest BCUT2D eigenvalue weighted by Crippen LogP contribution is -2.25. The number of aromatic amines is 1. The molecule has 0 radical (unpaired) electrons. The van der Waals surface area contributed by atoms with E-state index in [1.807, 2.05) is 54.6 Å². The zero-order valence-corrected chi connectivity index (χ0v) is 15.5. The minimum absolute atomic E-state index is 0.224. The number of hydrogen-bond acceptors (Lipinski definition) is 4. The number of carbonyl (C=O) groups is 1. The summed E-state index contributed by atoms with van der Waals surface area (Å²) in [5.74, 6) is 0. The van der Waals surface area contributed by atoms with Gasteiger partial charge in [-0.25, -0.2) is 4.79 Å². The Morgan fingerprint density at radius 2 is 1.79 bits per heavy atom. The fraction of sp³-hybridized carbons (Fsp3) is 0.130. The summed E-state index contributed by atoms with van der Waals surface area (Å²) in [5, 5.41) is 12.7. The number of aliphatic hydroxyl groups is 1. The first kappa shape index (κ1) is 17.5. The number of fused-ring (bicyclic) bond motifs is 2. The molecule has 5 rings (SSSR count). The van der Waals surface area contributed by atoms with Gasteiger partial charge >= 0.3 is 6.09 Å². The van der Waals surface area contributed by atoms with Gasteiger partial charge in [-0.2, -0.15) is 0 Å². The molecule has 0 saturated carbocycles. The van der Waals surface area contributed by atoms with Crippen LogP contribution in [0.3, 0.4) is 0 Å². The standard InChI is InChI=1S/C23H18N2O4/c26-13-17-12-25(23(28)29-17)16-9-8-15-10-21(24-22(27)20(15)11-16)19-7-3-5-14-4-1-2-6-18(14)19/h1-11,17,26H,12-13H2,(H,24,27). The third-order valence-corrected chi connectivity index (χ3v) is 5.30. The minimum Gasteiger partial charge on any atom is -0.441 e. The molecule has 1 atom stereocenters. The van der Waals surface area contributed by atoms with E-state index in [0.29, 0.717) is 11.1 Å². The van der Waals surface area contributed by atoms with Crippen molar-refractivity contribution in [3.8, 4) is 11.3 Å². The minimum atomic E-state index is -0.551. The SMILES string of the molecule is O=C1OC(CO)CN1c1ccc2cc(-c3cccc4ccccc34)[nH]c(=O)c2c1. The lowest BCUT2D eigenvalue weighted by Gasteiger charge is -2.14. The van der Waals surface area contributed by atoms with Gasteiger partial charge in [-0.1, -0.05) is 48.5 Å². The van der Waals surface area contributed by atoms with Crippen molar-refractivity contribution in [2.45, 2.75) is 6.10 Å². The molecule has 2 N–H and O–H groups in total. The number of nitrogens with zero attached hydrogens (tertiary/aromatic N) is 1. The Balaban J connectivity index is 1.61. The van der Waals surface area contributed by atoms with Crippen molar-refractivity contribution in [2.24, 2.45) is 0 Å². The van der Waals surface area contributed by atoms with Crippen LogP contribution in [0.2, 0.25) is 0 Å². The molecule has 1 saturated heterocycles. The van der Waals surface area contributed by atoms with E-state index < -0.39 is 12.2 Å². The second-order valence-corrected chi connectivity index (χ2v) is 7.11. The van der Waals surface area contributed by atoms with E-state index in [1.165, 1.54) is 4.90 Å². The average Bonchev–Trinajstić information content (AvgIpc) is 3.14. The van der Waals surface area contributed by atoms with Crippen molar-refractivity contribution in [3.63, 3.8) is 0 Å². The van der Waals surface area contributed by atoms with Crippen LogP contribution in [0.5, 0.6) is 0 Å². The van der Waals surface area contributed by atoms with Crippen LogP contribution in [0.15, 0.2) is 71.5 Å². The van der Waals surface area contributed by atoms with Crippen LogP contribution in [-0.2, 0) is 4.74 Å². The molecule has 6 nitrogen and oxygen atoms in total. The van der Waals surface area contributed by atoms with Gasteiger partial charge in [-0.05, 0) is 34.4 Å². The normalized spacial score (nSPS) is 16.5. The van der Waals surface area contributed by atoms with Gasteiger partial charge in [0.1, 0.15) is 6.10 Å². The first-order valence-electron chi connectivity index (χ1n) is 9.38. The smallest absolute Gasteiger partial charge is 0.414 e. The summed E-state index contributed by atoms with van der Waals surface area (Å²) in [6.07, 6.45) is -1.07. The van der Waals surface area contributed by atoms with Crippen LogP contribution < -0.4 is 10.5 Å². The topological polar surface area (TPSA) is 82.6 Å². The summed E-state index contributed by atoms with van der Waals surface area (Å²) in [7, 11) is 0. The van der Waals surface area contributed by atoms with Crippen LogP contribution in [0, 0.1) is 0 Å². The van der Waals surface area contributed by atoms with Gasteiger partial charge in [-0.15, -0.1) is 0 Å². The second kappa shape index (κ2) is 6.76. The Morgan fingerprint density at radius 1 is 0.966 bits per heavy atom. The molecule has 1 aliphatic rings. The van der Waals surface area contributed by atoms with Crippen molar-refractivity contribution in [2.75, 3.05) is 18.1 Å². The van der Waals surface area contributed by atoms with Crippen LogP contribution in [0.1, 0.15) is 0 Å². The zero-order chi connectivity index (χ0) is 20.0. The highest BCUT2D eigenvalue weighted by atomic mass is 16.6. The number of carbonyl (C=O) groups excluding carboxylic acids is 1. The number of aromatic nitrogens is 1. The van der Waals surface area contributed by atoms with Gasteiger partial charge < -0.3 is 14.8 Å². The van der Waals surface area contributed by atoms with Crippen LogP contribution in [0.4, 0.5) is 10.5 Å². The number of amides is 1. The number of aliphatic hydroxyl groups excluding tert-OH is 1. The Kier molecular flexibility index (Phi) is 4.07. The molecular weight excluding hydrogens is 368 g/mol. The summed E-state index contributed by atoms with van der Waals surface area (Å²) >= 11 is 0. The lowest BCUT2D eigenvalue weighted by molar-refractivity contribution is 0.0963. The summed E-state index contributed by atoms with van der Waals surface area (Å²) in [5.41, 5.74) is 2.05. The predicted octanol–water partition coefficient (Wildman–Crippen LogP) is 3.67. The number of rotatable bonds is 3. The molecule has 29 heavy (non-hydrogen) atoms. The van der Waals surface area contributed by atoms with Crippen LogP contribution >= 0.6 is 0 Å². The molecule has 1 fully saturated rings. The largest absolute Gasteiger partial charge is 0.441 e. The van der Waals surface area contributed by atoms with E-state index in [9.17, 15) is 14.7 Å². The van der Waals surface area contributed by atoms with Gasteiger partial charge in [0.25, 0.3) is 5.56 Å². The molecule has 1 aliphatic heterocycles. The quantitative estimate of drug-likeness (QED) is 0.563. The number of benzene rings is 3. The van der Waals surface area contributed by atoms with Gasteiger partial charge in [0.15, 0.2) is 0 Å². The third-order valence-electron chi connectivity index (χ3n) is 5.30. The molecule has 1 aromatic heterocycles. The Bertz CT molecular complexity index is 1310. The molecule has 1 amide bonds. The highest BCUT2D eigenvalue weighted by Gasteiger charge is 2.31. The molecule has 1 unspecified atom stereocenters. The Hall–Kier alpha value is -3.64. The lowest BCUT2D eigenvalue weighted by atomic mass is 10.0. The number of H-pyrrole nitrogens is 1. The average molecular weight is 386 g/mol. The summed E-state index contributed by atoms with van der Waals surface area (Å²) in [6, 6.07) is 21.3. The fourth-order valence-corrected chi connectivity index (χ4v) is 3.85. The molecule has 3 aromatic carbocycles. The van der Waals surface area contributed by atoms with E-state index in [1.54, 1.807) is 12.1 Å². The molecule has 6 heteroatoms. The van der Waals surface area contributed by atoms with Gasteiger partial charge in [0, 0.05) is 22.3 Å². The number of anilines is 1. The Labute approximate surface area is 166 Å². The molecule has 144 valence electrons. The fourth-order valence-electron chi connectivity index (χ4n) is 3.85. The van der Waals surface area contributed by atoms with E-state index in [0.717, 1.165) is 27.4 Å². The Morgan fingerprint density at radius 3 is 2.62 bits per heavy atom. The first-order valence-corrected chi connectivity index (χ1v) is 9.38. The van der Waals surface area contributed by atoms with Gasteiger partial charge in [0.2, 0.25) is 0 Å². The van der Waals surface area contributed by atoms with E-state index in [-0.39, 0.29) is 18.7 Å². The number of cyclic esters (lactones) is 1. The summed E-state index contributed by atoms with van der Waals surface area (Å²) in [4.78, 5) is 29.3. The van der Waals surface area contributed by atoms with Crippen LogP contribution in [0.25, 0.3) is 32.8 Å². The van der Waals surface area contributed by atoms with Crippen molar-refractivity contribution in [3.05, 3.63) is 77.1 Å². The highest BCUT2D eigenvalue weighted by molar-refractivity contribution is 5.99. The summed E-state index contributed by atoms with van der Waals surface area (Å²) in [6.45, 7) is 0.0254. The highest BCUT2D eigenvalue weighted by Crippen LogP contribution is 2.30. The van der Waals surface area contributed by atoms with Gasteiger partial charge in [-0.3, -0.25) is 9.69 Å².